The molecular formula is C15H18ClN3O2S. The van der Waals surface area contributed by atoms with E-state index in [0.29, 0.717) is 17.5 Å². The Morgan fingerprint density at radius 3 is 2.73 bits per heavy atom. The second-order valence-corrected chi connectivity index (χ2v) is 6.43. The molecule has 0 aliphatic rings. The molecule has 2 aromatic rings. The summed E-state index contributed by atoms with van der Waals surface area (Å²) in [6.07, 6.45) is 0. The van der Waals surface area contributed by atoms with Crippen LogP contribution in [0.15, 0.2) is 12.1 Å². The number of thiazole rings is 1. The maximum Gasteiger partial charge on any atom is 0.272 e. The van der Waals surface area contributed by atoms with Crippen LogP contribution in [-0.2, 0) is 0 Å². The van der Waals surface area contributed by atoms with Crippen LogP contribution in [0.2, 0.25) is 5.02 Å². The molecule has 7 heteroatoms. The largest absolute Gasteiger partial charge is 0.478 e. The number of amides is 1. The van der Waals surface area contributed by atoms with E-state index in [0.717, 1.165) is 15.6 Å². The highest BCUT2D eigenvalue weighted by atomic mass is 35.5. The molecule has 0 saturated heterocycles. The van der Waals surface area contributed by atoms with Crippen molar-refractivity contribution in [3.63, 3.8) is 0 Å². The lowest BCUT2D eigenvalue weighted by Gasteiger charge is -2.13. The first-order valence-electron chi connectivity index (χ1n) is 6.96. The number of ether oxygens (including phenoxy) is 1. The zero-order valence-electron chi connectivity index (χ0n) is 12.9. The fraction of sp³-hybridized carbons (Fsp3) is 0.400. The van der Waals surface area contributed by atoms with E-state index in [1.807, 2.05) is 27.7 Å². The SMILES string of the molecule is CCOc1ccc(Cl)c(C(=O)N[C@H](C)c2sc(C)nc2C)n1. The summed E-state index contributed by atoms with van der Waals surface area (Å²) < 4.78 is 5.31. The second-order valence-electron chi connectivity index (χ2n) is 4.79. The van der Waals surface area contributed by atoms with E-state index in [1.54, 1.807) is 23.5 Å². The highest BCUT2D eigenvalue weighted by molar-refractivity contribution is 7.11. The van der Waals surface area contributed by atoms with Gasteiger partial charge in [-0.2, -0.15) is 0 Å². The lowest BCUT2D eigenvalue weighted by atomic mass is 10.2. The number of hydrogen-bond acceptors (Lipinski definition) is 5. The molecular weight excluding hydrogens is 322 g/mol. The van der Waals surface area contributed by atoms with Crippen molar-refractivity contribution in [3.05, 3.63) is 38.4 Å². The molecule has 2 heterocycles. The molecule has 0 bridgehead atoms. The number of aryl methyl sites for hydroxylation is 2. The summed E-state index contributed by atoms with van der Waals surface area (Å²) in [7, 11) is 0. The van der Waals surface area contributed by atoms with Gasteiger partial charge in [-0.3, -0.25) is 4.79 Å². The van der Waals surface area contributed by atoms with Crippen molar-refractivity contribution in [2.75, 3.05) is 6.61 Å². The molecule has 1 atom stereocenters. The van der Waals surface area contributed by atoms with Gasteiger partial charge in [-0.25, -0.2) is 9.97 Å². The Labute approximate surface area is 138 Å². The number of pyridine rings is 1. The zero-order valence-corrected chi connectivity index (χ0v) is 14.5. The minimum atomic E-state index is -0.329. The van der Waals surface area contributed by atoms with Gasteiger partial charge in [-0.1, -0.05) is 11.6 Å². The first kappa shape index (κ1) is 16.7. The van der Waals surface area contributed by atoms with Crippen LogP contribution in [0.4, 0.5) is 0 Å². The van der Waals surface area contributed by atoms with E-state index in [-0.39, 0.29) is 17.6 Å². The minimum absolute atomic E-state index is 0.160. The predicted molar refractivity (Wildman–Crippen MR) is 87.9 cm³/mol. The van der Waals surface area contributed by atoms with Crippen LogP contribution in [0, 0.1) is 13.8 Å². The Bertz CT molecular complexity index is 687. The number of rotatable bonds is 5. The van der Waals surface area contributed by atoms with Gasteiger partial charge in [-0.15, -0.1) is 11.3 Å². The molecule has 1 amide bonds. The van der Waals surface area contributed by atoms with E-state index in [2.05, 4.69) is 15.3 Å². The van der Waals surface area contributed by atoms with E-state index in [1.165, 1.54) is 0 Å². The number of aromatic nitrogens is 2. The van der Waals surface area contributed by atoms with Crippen molar-refractivity contribution >= 4 is 28.8 Å². The summed E-state index contributed by atoms with van der Waals surface area (Å²) in [5.74, 6) is 0.0547. The first-order valence-corrected chi connectivity index (χ1v) is 8.16. The summed E-state index contributed by atoms with van der Waals surface area (Å²) >= 11 is 7.64. The van der Waals surface area contributed by atoms with E-state index in [9.17, 15) is 4.79 Å². The molecule has 22 heavy (non-hydrogen) atoms. The standard InChI is InChI=1S/C15H18ClN3O2S/c1-5-21-12-7-6-11(16)13(19-12)15(20)18-9(3)14-8(2)17-10(4)22-14/h6-7,9H,5H2,1-4H3,(H,18,20)/t9-/m1/s1. The molecule has 0 unspecified atom stereocenters. The first-order chi connectivity index (χ1) is 10.4. The van der Waals surface area contributed by atoms with Crippen LogP contribution in [0.1, 0.15) is 46.0 Å². The predicted octanol–water partition coefficient (Wildman–Crippen LogP) is 3.70. The molecule has 0 saturated carbocycles. The molecule has 0 fully saturated rings. The van der Waals surface area contributed by atoms with Crippen molar-refractivity contribution < 1.29 is 9.53 Å². The normalized spacial score (nSPS) is 12.0. The zero-order chi connectivity index (χ0) is 16.3. The molecule has 2 rings (SSSR count). The van der Waals surface area contributed by atoms with Crippen molar-refractivity contribution in [2.45, 2.75) is 33.7 Å². The number of carbonyl (C=O) groups is 1. The number of hydrogen-bond donors (Lipinski definition) is 1. The highest BCUT2D eigenvalue weighted by Gasteiger charge is 2.19. The van der Waals surface area contributed by atoms with Crippen LogP contribution in [0.3, 0.4) is 0 Å². The summed E-state index contributed by atoms with van der Waals surface area (Å²) in [5.41, 5.74) is 1.09. The van der Waals surface area contributed by atoms with Gasteiger partial charge >= 0.3 is 0 Å². The average molecular weight is 340 g/mol. The molecule has 1 N–H and O–H groups in total. The third-order valence-corrected chi connectivity index (χ3v) is 4.57. The summed E-state index contributed by atoms with van der Waals surface area (Å²) in [6, 6.07) is 3.09. The van der Waals surface area contributed by atoms with Crippen molar-refractivity contribution in [3.8, 4) is 5.88 Å². The molecule has 0 aliphatic carbocycles. The maximum atomic E-state index is 12.4. The fourth-order valence-corrected chi connectivity index (χ4v) is 3.21. The van der Waals surface area contributed by atoms with Gasteiger partial charge in [0, 0.05) is 10.9 Å². The molecule has 0 aliphatic heterocycles. The third-order valence-electron chi connectivity index (χ3n) is 3.01. The van der Waals surface area contributed by atoms with Gasteiger partial charge in [0.15, 0.2) is 5.69 Å². The van der Waals surface area contributed by atoms with E-state index in [4.69, 9.17) is 16.3 Å². The number of nitrogens with zero attached hydrogens (tertiary/aromatic N) is 2. The summed E-state index contributed by atoms with van der Waals surface area (Å²) in [6.45, 7) is 8.12. The Morgan fingerprint density at radius 1 is 1.41 bits per heavy atom. The monoisotopic (exact) mass is 339 g/mol. The molecule has 5 nitrogen and oxygen atoms in total. The van der Waals surface area contributed by atoms with Crippen molar-refractivity contribution in [2.24, 2.45) is 0 Å². The lowest BCUT2D eigenvalue weighted by molar-refractivity contribution is 0.0934. The second kappa shape index (κ2) is 7.07. The minimum Gasteiger partial charge on any atom is -0.478 e. The molecule has 2 aromatic heterocycles. The lowest BCUT2D eigenvalue weighted by Crippen LogP contribution is -2.27. The quantitative estimate of drug-likeness (QED) is 0.902. The van der Waals surface area contributed by atoms with Crippen LogP contribution < -0.4 is 10.1 Å². The average Bonchev–Trinajstić information content (AvgIpc) is 2.80. The topological polar surface area (TPSA) is 64.1 Å². The van der Waals surface area contributed by atoms with E-state index >= 15 is 0 Å². The Kier molecular flexibility index (Phi) is 5.37. The smallest absolute Gasteiger partial charge is 0.272 e. The Morgan fingerprint density at radius 2 is 2.14 bits per heavy atom. The van der Waals surface area contributed by atoms with Crippen LogP contribution in [0.5, 0.6) is 5.88 Å². The van der Waals surface area contributed by atoms with Gasteiger partial charge in [0.05, 0.1) is 28.4 Å². The van der Waals surface area contributed by atoms with Crippen molar-refractivity contribution in [1.82, 2.24) is 15.3 Å². The van der Waals surface area contributed by atoms with Gasteiger partial charge in [0.25, 0.3) is 5.91 Å². The van der Waals surface area contributed by atoms with E-state index < -0.39 is 0 Å². The molecule has 0 spiro atoms. The fourth-order valence-electron chi connectivity index (χ4n) is 2.09. The van der Waals surface area contributed by atoms with Crippen LogP contribution in [0.25, 0.3) is 0 Å². The molecule has 0 aromatic carbocycles. The van der Waals surface area contributed by atoms with Crippen LogP contribution in [-0.4, -0.2) is 22.5 Å². The Balaban J connectivity index is 2.18. The van der Waals surface area contributed by atoms with Gasteiger partial charge in [0.1, 0.15) is 0 Å². The highest BCUT2D eigenvalue weighted by Crippen LogP contribution is 2.25. The number of nitrogens with one attached hydrogen (secondary N) is 1. The summed E-state index contributed by atoms with van der Waals surface area (Å²) in [4.78, 5) is 22.0. The maximum absolute atomic E-state index is 12.4. The third kappa shape index (κ3) is 3.75. The van der Waals surface area contributed by atoms with Crippen molar-refractivity contribution in [1.29, 1.82) is 0 Å². The van der Waals surface area contributed by atoms with Gasteiger partial charge < -0.3 is 10.1 Å². The molecule has 0 radical (unpaired) electrons. The Hall–Kier alpha value is -1.66. The van der Waals surface area contributed by atoms with Gasteiger partial charge in [-0.05, 0) is 33.8 Å². The number of halogens is 1. The number of carbonyl (C=O) groups excluding carboxylic acids is 1. The summed E-state index contributed by atoms with van der Waals surface area (Å²) in [5, 5.41) is 4.18. The van der Waals surface area contributed by atoms with Gasteiger partial charge in [0.2, 0.25) is 5.88 Å². The molecule has 118 valence electrons. The van der Waals surface area contributed by atoms with Crippen LogP contribution >= 0.6 is 22.9 Å².